The van der Waals surface area contributed by atoms with Gasteiger partial charge in [-0.05, 0) is 60.2 Å². The first kappa shape index (κ1) is 19.9. The Morgan fingerprint density at radius 2 is 1.97 bits per heavy atom. The first-order chi connectivity index (χ1) is 14.6. The zero-order valence-electron chi connectivity index (χ0n) is 17.0. The Morgan fingerprint density at radius 3 is 2.70 bits per heavy atom. The molecule has 2 aromatic rings. The van der Waals surface area contributed by atoms with Crippen LogP contribution in [0.3, 0.4) is 0 Å². The first-order valence-corrected chi connectivity index (χ1v) is 10.4. The highest BCUT2D eigenvalue weighted by molar-refractivity contribution is 6.00. The van der Waals surface area contributed by atoms with Gasteiger partial charge in [0.1, 0.15) is 0 Å². The molecule has 30 heavy (non-hydrogen) atoms. The molecule has 0 bridgehead atoms. The average molecular weight is 399 g/mol. The second-order valence-electron chi connectivity index (χ2n) is 8.03. The fourth-order valence-electron chi connectivity index (χ4n) is 4.40. The summed E-state index contributed by atoms with van der Waals surface area (Å²) in [6.45, 7) is 5.04. The van der Waals surface area contributed by atoms with Crippen molar-refractivity contribution < 1.29 is 9.59 Å². The second kappa shape index (κ2) is 8.54. The maximum Gasteiger partial charge on any atom is 0.228 e. The summed E-state index contributed by atoms with van der Waals surface area (Å²) < 4.78 is 0. The van der Waals surface area contributed by atoms with E-state index in [1.165, 1.54) is 17.5 Å². The fraction of sp³-hybridized carbons (Fsp3) is 0.320. The van der Waals surface area contributed by atoms with Crippen molar-refractivity contribution in [1.29, 1.82) is 5.26 Å². The minimum atomic E-state index is -0.357. The van der Waals surface area contributed by atoms with Gasteiger partial charge >= 0.3 is 0 Å². The minimum Gasteiger partial charge on any atom is -0.334 e. The van der Waals surface area contributed by atoms with Crippen LogP contribution in [0.15, 0.2) is 55.1 Å². The zero-order valence-corrected chi connectivity index (χ0v) is 17.0. The molecule has 4 rings (SSSR count). The molecule has 1 atom stereocenters. The number of benzene rings is 2. The van der Waals surface area contributed by atoms with E-state index in [9.17, 15) is 9.59 Å². The quantitative estimate of drug-likeness (QED) is 0.697. The van der Waals surface area contributed by atoms with E-state index >= 15 is 0 Å². The number of hydrogen-bond acceptors (Lipinski definition) is 3. The Morgan fingerprint density at radius 1 is 1.20 bits per heavy atom. The number of anilines is 1. The summed E-state index contributed by atoms with van der Waals surface area (Å²) in [6, 6.07) is 15.6. The molecule has 2 amide bonds. The third kappa shape index (κ3) is 3.99. The van der Waals surface area contributed by atoms with E-state index in [4.69, 9.17) is 5.26 Å². The van der Waals surface area contributed by atoms with Crippen molar-refractivity contribution in [3.63, 3.8) is 0 Å². The smallest absolute Gasteiger partial charge is 0.228 e. The number of nitrogens with zero attached hydrogens (tertiary/aromatic N) is 3. The van der Waals surface area contributed by atoms with Crippen LogP contribution in [0.5, 0.6) is 0 Å². The van der Waals surface area contributed by atoms with Crippen molar-refractivity contribution in [3.05, 3.63) is 77.4 Å². The van der Waals surface area contributed by atoms with Gasteiger partial charge in [0, 0.05) is 31.7 Å². The molecule has 2 aromatic carbocycles. The molecule has 1 saturated heterocycles. The summed E-state index contributed by atoms with van der Waals surface area (Å²) in [5.41, 5.74) is 5.14. The normalized spacial score (nSPS) is 17.5. The van der Waals surface area contributed by atoms with Gasteiger partial charge in [0.15, 0.2) is 0 Å². The molecule has 1 aliphatic carbocycles. The monoisotopic (exact) mass is 399 g/mol. The van der Waals surface area contributed by atoms with Gasteiger partial charge in [-0.1, -0.05) is 24.3 Å². The van der Waals surface area contributed by atoms with Gasteiger partial charge in [-0.3, -0.25) is 9.59 Å². The SMILES string of the molecule is C=CCN(Cc1ccc(C#N)cc1)C(=O)C1CC(=O)N(c2ccc3c(c2)CCC3)C1. The first-order valence-electron chi connectivity index (χ1n) is 10.4. The molecule has 152 valence electrons. The number of aryl methyl sites for hydroxylation is 2. The molecule has 0 radical (unpaired) electrons. The van der Waals surface area contributed by atoms with Crippen molar-refractivity contribution >= 4 is 17.5 Å². The number of carbonyl (C=O) groups is 2. The molecule has 1 aliphatic heterocycles. The standard InChI is InChI=1S/C25H25N3O2/c1-2-12-27(16-19-8-6-18(15-26)7-9-19)25(30)22-14-24(29)28(17-22)23-11-10-20-4-3-5-21(20)13-23/h2,6-11,13,22H,1,3-5,12,14,16-17H2. The van der Waals surface area contributed by atoms with E-state index in [2.05, 4.69) is 24.8 Å². The van der Waals surface area contributed by atoms with Crippen LogP contribution in [-0.2, 0) is 29.0 Å². The van der Waals surface area contributed by atoms with E-state index in [0.717, 1.165) is 24.1 Å². The Kier molecular flexibility index (Phi) is 5.67. The fourth-order valence-corrected chi connectivity index (χ4v) is 4.40. The average Bonchev–Trinajstić information content (AvgIpc) is 3.39. The van der Waals surface area contributed by atoms with E-state index in [1.54, 1.807) is 28.0 Å². The maximum atomic E-state index is 13.2. The summed E-state index contributed by atoms with van der Waals surface area (Å²) in [4.78, 5) is 29.4. The molecule has 5 nitrogen and oxygen atoms in total. The predicted molar refractivity (Wildman–Crippen MR) is 116 cm³/mol. The molecular formula is C25H25N3O2. The highest BCUT2D eigenvalue weighted by Gasteiger charge is 2.37. The van der Waals surface area contributed by atoms with Crippen LogP contribution in [0.1, 0.15) is 35.1 Å². The van der Waals surface area contributed by atoms with E-state index in [0.29, 0.717) is 25.2 Å². The van der Waals surface area contributed by atoms with Crippen molar-refractivity contribution in [2.75, 3.05) is 18.0 Å². The van der Waals surface area contributed by atoms with Gasteiger partial charge in [0.2, 0.25) is 11.8 Å². The largest absolute Gasteiger partial charge is 0.334 e. The number of hydrogen-bond donors (Lipinski definition) is 0. The molecule has 1 unspecified atom stereocenters. The number of amides is 2. The van der Waals surface area contributed by atoms with Crippen LogP contribution >= 0.6 is 0 Å². The Hall–Kier alpha value is -3.39. The zero-order chi connectivity index (χ0) is 21.1. The van der Waals surface area contributed by atoms with Crippen molar-refractivity contribution in [3.8, 4) is 6.07 Å². The molecule has 2 aliphatic rings. The lowest BCUT2D eigenvalue weighted by atomic mass is 10.1. The number of rotatable bonds is 6. The summed E-state index contributed by atoms with van der Waals surface area (Å²) in [5.74, 6) is -0.386. The van der Waals surface area contributed by atoms with Gasteiger partial charge in [-0.25, -0.2) is 0 Å². The van der Waals surface area contributed by atoms with Crippen LogP contribution in [-0.4, -0.2) is 29.8 Å². The Balaban J connectivity index is 1.47. The van der Waals surface area contributed by atoms with Crippen LogP contribution < -0.4 is 4.90 Å². The highest BCUT2D eigenvalue weighted by Crippen LogP contribution is 2.31. The Bertz CT molecular complexity index is 1020. The van der Waals surface area contributed by atoms with Crippen LogP contribution in [0.4, 0.5) is 5.69 Å². The summed E-state index contributed by atoms with van der Waals surface area (Å²) in [7, 11) is 0. The van der Waals surface area contributed by atoms with Crippen LogP contribution in [0.25, 0.3) is 0 Å². The summed E-state index contributed by atoms with van der Waals surface area (Å²) in [5, 5.41) is 8.96. The molecular weight excluding hydrogens is 374 g/mol. The topological polar surface area (TPSA) is 64.4 Å². The number of fused-ring (bicyclic) bond motifs is 1. The lowest BCUT2D eigenvalue weighted by Gasteiger charge is -2.25. The molecule has 1 heterocycles. The molecule has 0 saturated carbocycles. The molecule has 1 fully saturated rings. The van der Waals surface area contributed by atoms with Crippen LogP contribution in [0.2, 0.25) is 0 Å². The van der Waals surface area contributed by atoms with E-state index in [-0.39, 0.29) is 24.2 Å². The molecule has 0 spiro atoms. The minimum absolute atomic E-state index is 0.00298. The van der Waals surface area contributed by atoms with Crippen molar-refractivity contribution in [1.82, 2.24) is 4.90 Å². The highest BCUT2D eigenvalue weighted by atomic mass is 16.2. The van der Waals surface area contributed by atoms with Crippen LogP contribution in [0, 0.1) is 17.2 Å². The van der Waals surface area contributed by atoms with Gasteiger partial charge < -0.3 is 9.80 Å². The number of carbonyl (C=O) groups excluding carboxylic acids is 2. The Labute approximate surface area is 177 Å². The second-order valence-corrected chi connectivity index (χ2v) is 8.03. The predicted octanol–water partition coefficient (Wildman–Crippen LogP) is 3.61. The lowest BCUT2D eigenvalue weighted by molar-refractivity contribution is -0.135. The van der Waals surface area contributed by atoms with Gasteiger partial charge in [0.05, 0.1) is 17.6 Å². The summed E-state index contributed by atoms with van der Waals surface area (Å²) >= 11 is 0. The van der Waals surface area contributed by atoms with Gasteiger partial charge in [-0.2, -0.15) is 5.26 Å². The van der Waals surface area contributed by atoms with Gasteiger partial charge in [-0.15, -0.1) is 6.58 Å². The lowest BCUT2D eigenvalue weighted by Crippen LogP contribution is -2.37. The summed E-state index contributed by atoms with van der Waals surface area (Å²) in [6.07, 6.45) is 5.27. The molecule has 5 heteroatoms. The third-order valence-electron chi connectivity index (χ3n) is 5.99. The molecule has 0 N–H and O–H groups in total. The van der Waals surface area contributed by atoms with Gasteiger partial charge in [0.25, 0.3) is 0 Å². The van der Waals surface area contributed by atoms with E-state index in [1.807, 2.05) is 18.2 Å². The number of nitriles is 1. The van der Waals surface area contributed by atoms with Crippen molar-refractivity contribution in [2.24, 2.45) is 5.92 Å². The van der Waals surface area contributed by atoms with Crippen molar-refractivity contribution in [2.45, 2.75) is 32.2 Å². The molecule has 0 aromatic heterocycles. The van der Waals surface area contributed by atoms with E-state index < -0.39 is 0 Å². The third-order valence-corrected chi connectivity index (χ3v) is 5.99. The maximum absolute atomic E-state index is 13.2.